The molecular formula is C17H13ClN4S2. The van der Waals surface area contributed by atoms with Crippen LogP contribution in [0.4, 0.5) is 0 Å². The molecule has 0 amide bonds. The number of rotatable bonds is 5. The topological polar surface area (TPSA) is 43.1 Å². The first-order valence-corrected chi connectivity index (χ1v) is 9.62. The Morgan fingerprint density at radius 1 is 1.08 bits per heavy atom. The van der Waals surface area contributed by atoms with Gasteiger partial charge in [-0.2, -0.15) is 0 Å². The van der Waals surface area contributed by atoms with E-state index in [4.69, 9.17) is 16.6 Å². The van der Waals surface area contributed by atoms with Crippen molar-refractivity contribution in [3.05, 3.63) is 75.3 Å². The molecule has 24 heavy (non-hydrogen) atoms. The molecule has 0 aliphatic heterocycles. The van der Waals surface area contributed by atoms with Crippen molar-refractivity contribution in [3.63, 3.8) is 0 Å². The number of thiazole rings is 1. The van der Waals surface area contributed by atoms with Crippen LogP contribution in [0.1, 0.15) is 16.3 Å². The molecular weight excluding hydrogens is 360 g/mol. The maximum atomic E-state index is 5.92. The summed E-state index contributed by atoms with van der Waals surface area (Å²) in [7, 11) is 0. The maximum absolute atomic E-state index is 5.92. The molecule has 0 radical (unpaired) electrons. The minimum Gasteiger partial charge on any atom is -0.277 e. The summed E-state index contributed by atoms with van der Waals surface area (Å²) in [5, 5.41) is 13.3. The smallest absolute Gasteiger partial charge is 0.195 e. The van der Waals surface area contributed by atoms with E-state index in [2.05, 4.69) is 15.6 Å². The summed E-state index contributed by atoms with van der Waals surface area (Å²) in [6, 6.07) is 13.8. The number of halogens is 1. The van der Waals surface area contributed by atoms with Gasteiger partial charge >= 0.3 is 0 Å². The van der Waals surface area contributed by atoms with Crippen LogP contribution >= 0.6 is 34.7 Å². The third-order valence-electron chi connectivity index (χ3n) is 3.50. The van der Waals surface area contributed by atoms with Crippen molar-refractivity contribution in [2.75, 3.05) is 0 Å². The van der Waals surface area contributed by atoms with E-state index >= 15 is 0 Å². The molecule has 0 aliphatic carbocycles. The Morgan fingerprint density at radius 2 is 1.96 bits per heavy atom. The van der Waals surface area contributed by atoms with Crippen LogP contribution in [0.5, 0.6) is 0 Å². The van der Waals surface area contributed by atoms with Crippen molar-refractivity contribution in [2.45, 2.75) is 17.3 Å². The standard InChI is InChI=1S/C17H13ClN4S2/c18-13-6-4-12(5-7-13)9-16-19-14(10-23-16)11-24-17-21-20-15-3-1-2-8-22(15)17/h1-8,10H,9,11H2. The summed E-state index contributed by atoms with van der Waals surface area (Å²) in [5.74, 6) is 0.785. The van der Waals surface area contributed by atoms with Crippen molar-refractivity contribution in [3.8, 4) is 0 Å². The quantitative estimate of drug-likeness (QED) is 0.475. The average Bonchev–Trinajstić information content (AvgIpc) is 3.22. The number of aromatic nitrogens is 4. The van der Waals surface area contributed by atoms with E-state index in [0.29, 0.717) is 0 Å². The van der Waals surface area contributed by atoms with Crippen LogP contribution < -0.4 is 0 Å². The van der Waals surface area contributed by atoms with Crippen LogP contribution in [0, 0.1) is 0 Å². The molecule has 0 fully saturated rings. The van der Waals surface area contributed by atoms with Gasteiger partial charge in [-0.25, -0.2) is 4.98 Å². The predicted molar refractivity (Wildman–Crippen MR) is 98.9 cm³/mol. The Balaban J connectivity index is 1.42. The number of hydrogen-bond donors (Lipinski definition) is 0. The molecule has 120 valence electrons. The van der Waals surface area contributed by atoms with Gasteiger partial charge in [-0.1, -0.05) is 41.6 Å². The number of pyridine rings is 1. The fraction of sp³-hybridized carbons (Fsp3) is 0.118. The second-order valence-electron chi connectivity index (χ2n) is 5.24. The molecule has 0 bridgehead atoms. The predicted octanol–water partition coefficient (Wildman–Crippen LogP) is 4.72. The second-order valence-corrected chi connectivity index (χ2v) is 7.56. The Hall–Kier alpha value is -1.89. The van der Waals surface area contributed by atoms with Crippen LogP contribution in [0.3, 0.4) is 0 Å². The fourth-order valence-electron chi connectivity index (χ4n) is 2.33. The summed E-state index contributed by atoms with van der Waals surface area (Å²) >= 11 is 9.26. The van der Waals surface area contributed by atoms with Gasteiger partial charge in [0, 0.05) is 28.8 Å². The molecule has 0 spiro atoms. The molecule has 0 N–H and O–H groups in total. The van der Waals surface area contributed by atoms with Crippen LogP contribution in [0.15, 0.2) is 59.2 Å². The summed E-state index contributed by atoms with van der Waals surface area (Å²) in [6.07, 6.45) is 2.81. The largest absolute Gasteiger partial charge is 0.277 e. The summed E-state index contributed by atoms with van der Waals surface area (Å²) in [6.45, 7) is 0. The van der Waals surface area contributed by atoms with Gasteiger partial charge in [-0.3, -0.25) is 4.40 Å². The van der Waals surface area contributed by atoms with Crippen molar-refractivity contribution in [1.82, 2.24) is 19.6 Å². The zero-order valence-corrected chi connectivity index (χ0v) is 15.0. The highest BCUT2D eigenvalue weighted by atomic mass is 35.5. The van der Waals surface area contributed by atoms with E-state index in [1.807, 2.05) is 53.1 Å². The first-order chi connectivity index (χ1) is 11.8. The Kier molecular flexibility index (Phi) is 4.51. The van der Waals surface area contributed by atoms with E-state index in [-0.39, 0.29) is 0 Å². The highest BCUT2D eigenvalue weighted by molar-refractivity contribution is 7.98. The monoisotopic (exact) mass is 372 g/mol. The average molecular weight is 373 g/mol. The molecule has 4 nitrogen and oxygen atoms in total. The molecule has 4 rings (SSSR count). The minimum atomic E-state index is 0.760. The maximum Gasteiger partial charge on any atom is 0.195 e. The zero-order chi connectivity index (χ0) is 16.4. The van der Waals surface area contributed by atoms with E-state index in [1.54, 1.807) is 23.1 Å². The Morgan fingerprint density at radius 3 is 2.83 bits per heavy atom. The van der Waals surface area contributed by atoms with Gasteiger partial charge in [0.05, 0.1) is 10.7 Å². The van der Waals surface area contributed by atoms with E-state index in [9.17, 15) is 0 Å². The van der Waals surface area contributed by atoms with Gasteiger partial charge < -0.3 is 0 Å². The van der Waals surface area contributed by atoms with Crippen molar-refractivity contribution >= 4 is 40.3 Å². The summed E-state index contributed by atoms with van der Waals surface area (Å²) < 4.78 is 1.99. The van der Waals surface area contributed by atoms with Crippen LogP contribution in [0.2, 0.25) is 5.02 Å². The van der Waals surface area contributed by atoms with E-state index < -0.39 is 0 Å². The van der Waals surface area contributed by atoms with E-state index in [1.165, 1.54) is 5.56 Å². The van der Waals surface area contributed by atoms with Crippen LogP contribution in [-0.2, 0) is 12.2 Å². The number of thioether (sulfide) groups is 1. The lowest BCUT2D eigenvalue weighted by Crippen LogP contribution is -1.90. The number of nitrogens with zero attached hydrogens (tertiary/aromatic N) is 4. The Labute approximate surface area is 152 Å². The summed E-state index contributed by atoms with van der Waals surface area (Å²) in [5.41, 5.74) is 3.15. The van der Waals surface area contributed by atoms with E-state index in [0.717, 1.165) is 38.7 Å². The SMILES string of the molecule is Clc1ccc(Cc2nc(CSc3nnc4ccccn34)cs2)cc1. The molecule has 0 unspecified atom stereocenters. The van der Waals surface area contributed by atoms with Gasteiger partial charge in [0.2, 0.25) is 0 Å². The van der Waals surface area contributed by atoms with Gasteiger partial charge in [0.25, 0.3) is 0 Å². The first-order valence-electron chi connectivity index (χ1n) is 7.38. The third kappa shape index (κ3) is 3.45. The molecule has 3 heterocycles. The van der Waals surface area contributed by atoms with Gasteiger partial charge in [0.15, 0.2) is 10.8 Å². The number of benzene rings is 1. The minimum absolute atomic E-state index is 0.760. The lowest BCUT2D eigenvalue weighted by molar-refractivity contribution is 0.920. The van der Waals surface area contributed by atoms with Gasteiger partial charge in [-0.05, 0) is 29.8 Å². The van der Waals surface area contributed by atoms with Gasteiger partial charge in [0.1, 0.15) is 0 Å². The van der Waals surface area contributed by atoms with Crippen LogP contribution in [0.25, 0.3) is 5.65 Å². The molecule has 4 aromatic rings. The second kappa shape index (κ2) is 6.93. The van der Waals surface area contributed by atoms with Crippen LogP contribution in [-0.4, -0.2) is 19.6 Å². The Bertz CT molecular complexity index is 962. The van der Waals surface area contributed by atoms with Crippen molar-refractivity contribution < 1.29 is 0 Å². The molecule has 0 aliphatic rings. The first kappa shape index (κ1) is 15.6. The molecule has 0 saturated carbocycles. The fourth-order valence-corrected chi connectivity index (χ4v) is 4.21. The normalized spacial score (nSPS) is 11.2. The summed E-state index contributed by atoms with van der Waals surface area (Å²) in [4.78, 5) is 4.71. The van der Waals surface area contributed by atoms with Gasteiger partial charge in [-0.15, -0.1) is 21.5 Å². The number of hydrogen-bond acceptors (Lipinski definition) is 5. The molecule has 7 heteroatoms. The zero-order valence-electron chi connectivity index (χ0n) is 12.6. The lowest BCUT2D eigenvalue weighted by atomic mass is 10.2. The molecule has 0 saturated heterocycles. The highest BCUT2D eigenvalue weighted by Gasteiger charge is 2.08. The van der Waals surface area contributed by atoms with Crippen molar-refractivity contribution in [1.29, 1.82) is 0 Å². The molecule has 0 atom stereocenters. The third-order valence-corrected chi connectivity index (χ3v) is 5.63. The molecule has 3 aromatic heterocycles. The van der Waals surface area contributed by atoms with Crippen molar-refractivity contribution in [2.24, 2.45) is 0 Å². The lowest BCUT2D eigenvalue weighted by Gasteiger charge is -1.99. The number of fused-ring (bicyclic) bond motifs is 1. The highest BCUT2D eigenvalue weighted by Crippen LogP contribution is 2.24. The molecule has 1 aromatic carbocycles.